The van der Waals surface area contributed by atoms with Crippen LogP contribution in [-0.2, 0) is 12.0 Å². The Morgan fingerprint density at radius 2 is 1.16 bits per heavy atom. The van der Waals surface area contributed by atoms with E-state index in [1.807, 2.05) is 6.20 Å². The standard InChI is InChI=1S/C16H27N.C13H20.C12H19N/c1-11(2)15-9-14(10-17(6)7)8-13(5)16(15)12(3)4;1-10(2)11-8-6-7-9-12(11)13(3,4)5;1-8(2)11-10(5)6-7-13-12(11)9(3)4/h8-9,11-12H,10H2,1-7H3;6-10H,1-5H3;6-9H,1-5H3. The number of aromatic nitrogens is 1. The molecule has 0 aliphatic heterocycles. The summed E-state index contributed by atoms with van der Waals surface area (Å²) < 4.78 is 0. The summed E-state index contributed by atoms with van der Waals surface area (Å²) in [4.78, 5) is 6.69. The first-order valence-corrected chi connectivity index (χ1v) is 16.6. The molecule has 0 bridgehead atoms. The van der Waals surface area contributed by atoms with Crippen LogP contribution in [0.2, 0.25) is 0 Å². The van der Waals surface area contributed by atoms with Gasteiger partial charge in [0, 0.05) is 18.4 Å². The minimum absolute atomic E-state index is 0.265. The molecule has 1 heterocycles. The summed E-state index contributed by atoms with van der Waals surface area (Å²) in [5, 5.41) is 0. The Balaban J connectivity index is 0.000000327. The monoisotopic (exact) mass is 587 g/mol. The summed E-state index contributed by atoms with van der Waals surface area (Å²) in [5.74, 6) is 2.94. The van der Waals surface area contributed by atoms with E-state index in [0.717, 1.165) is 6.54 Å². The van der Waals surface area contributed by atoms with Crippen molar-refractivity contribution >= 4 is 0 Å². The van der Waals surface area contributed by atoms with Crippen molar-refractivity contribution in [2.24, 2.45) is 0 Å². The van der Waals surface area contributed by atoms with Crippen molar-refractivity contribution in [1.29, 1.82) is 0 Å². The first kappa shape index (κ1) is 38.6. The Labute approximate surface area is 267 Å². The lowest BCUT2D eigenvalue weighted by Gasteiger charge is -2.24. The normalized spacial score (nSPS) is 11.8. The second-order valence-electron chi connectivity index (χ2n) is 15.2. The van der Waals surface area contributed by atoms with Gasteiger partial charge in [-0.1, -0.05) is 126 Å². The second kappa shape index (κ2) is 17.1. The molecule has 3 rings (SSSR count). The summed E-state index contributed by atoms with van der Waals surface area (Å²) in [5.41, 5.74) is 13.2. The van der Waals surface area contributed by atoms with Crippen LogP contribution in [0.4, 0.5) is 0 Å². The summed E-state index contributed by atoms with van der Waals surface area (Å²) in [7, 11) is 4.25. The molecule has 1 aromatic heterocycles. The lowest BCUT2D eigenvalue weighted by atomic mass is 9.81. The van der Waals surface area contributed by atoms with Gasteiger partial charge in [0.25, 0.3) is 0 Å². The van der Waals surface area contributed by atoms with Crippen LogP contribution in [0.25, 0.3) is 0 Å². The van der Waals surface area contributed by atoms with E-state index >= 15 is 0 Å². The van der Waals surface area contributed by atoms with Gasteiger partial charge in [-0.05, 0) is 114 Å². The van der Waals surface area contributed by atoms with Gasteiger partial charge in [-0.25, -0.2) is 0 Å². The molecule has 0 N–H and O–H groups in total. The van der Waals surface area contributed by atoms with Crippen LogP contribution in [0.1, 0.15) is 170 Å². The third-order valence-corrected chi connectivity index (χ3v) is 7.93. The van der Waals surface area contributed by atoms with Crippen LogP contribution in [-0.4, -0.2) is 24.0 Å². The zero-order valence-electron chi connectivity index (χ0n) is 31.1. The highest BCUT2D eigenvalue weighted by molar-refractivity contribution is 5.42. The van der Waals surface area contributed by atoms with E-state index in [4.69, 9.17) is 0 Å². The number of nitrogens with zero attached hydrogens (tertiary/aromatic N) is 2. The number of rotatable bonds is 7. The van der Waals surface area contributed by atoms with E-state index in [9.17, 15) is 0 Å². The molecule has 2 aromatic carbocycles. The lowest BCUT2D eigenvalue weighted by molar-refractivity contribution is 0.402. The molecular weight excluding hydrogens is 520 g/mol. The van der Waals surface area contributed by atoms with Crippen LogP contribution >= 0.6 is 0 Å². The first-order valence-electron chi connectivity index (χ1n) is 16.6. The van der Waals surface area contributed by atoms with E-state index in [-0.39, 0.29) is 5.41 Å². The van der Waals surface area contributed by atoms with E-state index in [0.29, 0.717) is 29.6 Å². The fourth-order valence-corrected chi connectivity index (χ4v) is 6.11. The molecule has 3 aromatic rings. The lowest BCUT2D eigenvalue weighted by Crippen LogP contribution is -2.14. The topological polar surface area (TPSA) is 16.1 Å². The van der Waals surface area contributed by atoms with Crippen molar-refractivity contribution < 1.29 is 0 Å². The summed E-state index contributed by atoms with van der Waals surface area (Å²) in [6, 6.07) is 15.6. The average molecular weight is 587 g/mol. The molecule has 0 saturated heterocycles. The van der Waals surface area contributed by atoms with Crippen LogP contribution in [0, 0.1) is 13.8 Å². The number of pyridine rings is 1. The Morgan fingerprint density at radius 1 is 0.628 bits per heavy atom. The van der Waals surface area contributed by atoms with Crippen LogP contribution in [0.15, 0.2) is 48.7 Å². The number of benzene rings is 2. The van der Waals surface area contributed by atoms with E-state index in [1.54, 1.807) is 5.56 Å². The van der Waals surface area contributed by atoms with Gasteiger partial charge in [-0.15, -0.1) is 0 Å². The summed E-state index contributed by atoms with van der Waals surface area (Å²) in [6.07, 6.45) is 1.91. The predicted molar refractivity (Wildman–Crippen MR) is 193 cm³/mol. The molecule has 2 nitrogen and oxygen atoms in total. The van der Waals surface area contributed by atoms with Crippen molar-refractivity contribution in [2.75, 3.05) is 14.1 Å². The van der Waals surface area contributed by atoms with Crippen LogP contribution < -0.4 is 0 Å². The maximum atomic E-state index is 4.46. The smallest absolute Gasteiger partial charge is 0.0466 e. The molecule has 0 atom stereocenters. The maximum absolute atomic E-state index is 4.46. The molecule has 0 saturated carbocycles. The fourth-order valence-electron chi connectivity index (χ4n) is 6.11. The first-order chi connectivity index (χ1) is 19.8. The number of hydrogen-bond donors (Lipinski definition) is 0. The summed E-state index contributed by atoms with van der Waals surface area (Å²) >= 11 is 0. The minimum atomic E-state index is 0.265. The zero-order chi connectivity index (χ0) is 33.2. The van der Waals surface area contributed by atoms with E-state index < -0.39 is 0 Å². The molecule has 0 unspecified atom stereocenters. The fraction of sp³-hybridized carbons (Fsp3) is 0.585. The van der Waals surface area contributed by atoms with E-state index in [2.05, 4.69) is 170 Å². The van der Waals surface area contributed by atoms with Crippen molar-refractivity contribution in [3.8, 4) is 0 Å². The maximum Gasteiger partial charge on any atom is 0.0466 e. The second-order valence-corrected chi connectivity index (χ2v) is 15.2. The van der Waals surface area contributed by atoms with Gasteiger partial charge in [0.05, 0.1) is 0 Å². The van der Waals surface area contributed by atoms with Gasteiger partial charge in [0.1, 0.15) is 0 Å². The van der Waals surface area contributed by atoms with Gasteiger partial charge in [-0.2, -0.15) is 0 Å². The highest BCUT2D eigenvalue weighted by Crippen LogP contribution is 2.31. The molecule has 0 fully saturated rings. The molecule has 0 amide bonds. The average Bonchev–Trinajstić information content (AvgIpc) is 2.87. The molecule has 0 aliphatic rings. The van der Waals surface area contributed by atoms with Crippen LogP contribution in [0.3, 0.4) is 0 Å². The van der Waals surface area contributed by atoms with Crippen molar-refractivity contribution in [2.45, 2.75) is 145 Å². The minimum Gasteiger partial charge on any atom is -0.305 e. The number of hydrogen-bond acceptors (Lipinski definition) is 2. The molecular formula is C41H66N2. The Morgan fingerprint density at radius 3 is 1.56 bits per heavy atom. The Kier molecular flexibility index (Phi) is 15.4. The number of aryl methyl sites for hydroxylation is 2. The Hall–Kier alpha value is -2.45. The van der Waals surface area contributed by atoms with Crippen molar-refractivity contribution in [3.05, 3.63) is 98.9 Å². The van der Waals surface area contributed by atoms with E-state index in [1.165, 1.54) is 44.6 Å². The summed E-state index contributed by atoms with van der Waals surface area (Å²) in [6.45, 7) is 34.8. The largest absolute Gasteiger partial charge is 0.305 e. The van der Waals surface area contributed by atoms with Gasteiger partial charge in [0.2, 0.25) is 0 Å². The third kappa shape index (κ3) is 11.9. The molecule has 0 aliphatic carbocycles. The SMILES string of the molecule is CC(C)c1ccccc1C(C)(C)C.Cc1cc(CN(C)C)cc(C(C)C)c1C(C)C.Cc1ccnc(C(C)C)c1C(C)C. The molecule has 0 radical (unpaired) electrons. The van der Waals surface area contributed by atoms with Gasteiger partial charge in [0.15, 0.2) is 0 Å². The molecule has 0 spiro atoms. The Bertz CT molecular complexity index is 1250. The highest BCUT2D eigenvalue weighted by atomic mass is 15.0. The van der Waals surface area contributed by atoms with Gasteiger partial charge >= 0.3 is 0 Å². The molecule has 2 heteroatoms. The molecule has 240 valence electrons. The molecule has 43 heavy (non-hydrogen) atoms. The van der Waals surface area contributed by atoms with Crippen LogP contribution in [0.5, 0.6) is 0 Å². The quantitative estimate of drug-likeness (QED) is 0.274. The van der Waals surface area contributed by atoms with Gasteiger partial charge < -0.3 is 4.90 Å². The van der Waals surface area contributed by atoms with Crippen molar-refractivity contribution in [3.63, 3.8) is 0 Å². The van der Waals surface area contributed by atoms with Crippen molar-refractivity contribution in [1.82, 2.24) is 9.88 Å². The van der Waals surface area contributed by atoms with Gasteiger partial charge in [-0.3, -0.25) is 4.98 Å². The highest BCUT2D eigenvalue weighted by Gasteiger charge is 2.18. The predicted octanol–water partition coefficient (Wildman–Crippen LogP) is 12.0. The third-order valence-electron chi connectivity index (χ3n) is 7.93. The zero-order valence-corrected chi connectivity index (χ0v) is 31.1.